The summed E-state index contributed by atoms with van der Waals surface area (Å²) in [6, 6.07) is 14.2. The summed E-state index contributed by atoms with van der Waals surface area (Å²) in [7, 11) is 2.06. The molecule has 0 saturated heterocycles. The quantitative estimate of drug-likeness (QED) is 0.752. The van der Waals surface area contributed by atoms with E-state index < -0.39 is 5.41 Å². The number of likely N-dealkylation sites (N-methyl/N-ethyl adjacent to an activating group) is 1. The lowest BCUT2D eigenvalue weighted by atomic mass is 9.83. The van der Waals surface area contributed by atoms with Crippen molar-refractivity contribution in [2.24, 2.45) is 0 Å². The first-order chi connectivity index (χ1) is 9.14. The zero-order valence-electron chi connectivity index (χ0n) is 11.4. The van der Waals surface area contributed by atoms with Gasteiger partial charge in [0.05, 0.1) is 5.41 Å². The molecule has 0 fully saturated rings. The van der Waals surface area contributed by atoms with Gasteiger partial charge < -0.3 is 4.79 Å². The molecule has 0 aliphatic carbocycles. The molecule has 1 unspecified atom stereocenters. The molecule has 2 aromatic rings. The van der Waals surface area contributed by atoms with E-state index in [1.165, 1.54) is 4.88 Å². The van der Waals surface area contributed by atoms with Crippen molar-refractivity contribution in [1.82, 2.24) is 4.90 Å². The molecule has 0 aliphatic rings. The Morgan fingerprint density at radius 2 is 1.95 bits per heavy atom. The molecule has 19 heavy (non-hydrogen) atoms. The van der Waals surface area contributed by atoms with Gasteiger partial charge in [0.15, 0.2) is 0 Å². The van der Waals surface area contributed by atoms with Crippen molar-refractivity contribution < 1.29 is 4.79 Å². The van der Waals surface area contributed by atoms with E-state index >= 15 is 0 Å². The third-order valence-electron chi connectivity index (χ3n) is 3.30. The normalized spacial score (nSPS) is 14.3. The Morgan fingerprint density at radius 1 is 1.21 bits per heavy atom. The Kier molecular flexibility index (Phi) is 4.51. The van der Waals surface area contributed by atoms with E-state index in [0.29, 0.717) is 0 Å². The van der Waals surface area contributed by atoms with Crippen LogP contribution in [0, 0.1) is 0 Å². The van der Waals surface area contributed by atoms with Crippen molar-refractivity contribution in [3.8, 4) is 0 Å². The number of nitrogens with zero attached hydrogens (tertiary/aromatic N) is 1. The highest BCUT2D eigenvalue weighted by Crippen LogP contribution is 2.23. The van der Waals surface area contributed by atoms with Crippen molar-refractivity contribution in [3.63, 3.8) is 0 Å². The van der Waals surface area contributed by atoms with Gasteiger partial charge in [0.1, 0.15) is 6.29 Å². The number of benzene rings is 1. The van der Waals surface area contributed by atoms with E-state index in [0.717, 1.165) is 24.9 Å². The number of carbonyl (C=O) groups excluding carboxylic acids is 1. The van der Waals surface area contributed by atoms with E-state index in [4.69, 9.17) is 0 Å². The topological polar surface area (TPSA) is 20.3 Å². The summed E-state index contributed by atoms with van der Waals surface area (Å²) in [5.74, 6) is 0. The van der Waals surface area contributed by atoms with Crippen LogP contribution in [0.25, 0.3) is 0 Å². The summed E-state index contributed by atoms with van der Waals surface area (Å²) in [5.41, 5.74) is 0.621. The van der Waals surface area contributed by atoms with Gasteiger partial charge in [-0.05, 0) is 31.0 Å². The first kappa shape index (κ1) is 14.0. The maximum atomic E-state index is 11.5. The Hall–Kier alpha value is -1.45. The lowest BCUT2D eigenvalue weighted by Crippen LogP contribution is -2.37. The van der Waals surface area contributed by atoms with Crippen LogP contribution in [0.4, 0.5) is 0 Å². The predicted octanol–water partition coefficient (Wildman–Crippen LogP) is 3.34. The first-order valence-corrected chi connectivity index (χ1v) is 7.25. The summed E-state index contributed by atoms with van der Waals surface area (Å²) < 4.78 is 0. The zero-order valence-corrected chi connectivity index (χ0v) is 12.2. The largest absolute Gasteiger partial charge is 0.302 e. The van der Waals surface area contributed by atoms with E-state index in [1.807, 2.05) is 37.3 Å². The fourth-order valence-corrected chi connectivity index (χ4v) is 3.08. The average Bonchev–Trinajstić information content (AvgIpc) is 2.92. The molecule has 3 heteroatoms. The van der Waals surface area contributed by atoms with Crippen molar-refractivity contribution in [2.45, 2.75) is 18.9 Å². The number of thiophene rings is 1. The summed E-state index contributed by atoms with van der Waals surface area (Å²) in [4.78, 5) is 15.1. The molecule has 0 radical (unpaired) electrons. The van der Waals surface area contributed by atoms with Gasteiger partial charge in [-0.2, -0.15) is 0 Å². The average molecular weight is 273 g/mol. The van der Waals surface area contributed by atoms with Crippen molar-refractivity contribution >= 4 is 17.6 Å². The molecule has 100 valence electrons. The van der Waals surface area contributed by atoms with E-state index in [2.05, 4.69) is 29.5 Å². The summed E-state index contributed by atoms with van der Waals surface area (Å²) in [6.45, 7) is 3.60. The van der Waals surface area contributed by atoms with Crippen molar-refractivity contribution in [3.05, 3.63) is 58.3 Å². The minimum Gasteiger partial charge on any atom is -0.302 e. The van der Waals surface area contributed by atoms with Crippen LogP contribution in [0.1, 0.15) is 17.4 Å². The van der Waals surface area contributed by atoms with Crippen LogP contribution in [-0.2, 0) is 16.8 Å². The number of carbonyl (C=O) groups is 1. The molecule has 1 aromatic heterocycles. The Labute approximate surface area is 118 Å². The van der Waals surface area contributed by atoms with Crippen LogP contribution < -0.4 is 0 Å². The van der Waals surface area contributed by atoms with E-state index in [1.54, 1.807) is 11.3 Å². The smallest absolute Gasteiger partial charge is 0.131 e. The lowest BCUT2D eigenvalue weighted by Gasteiger charge is -2.29. The molecule has 0 bridgehead atoms. The van der Waals surface area contributed by atoms with Crippen LogP contribution in [0.5, 0.6) is 0 Å². The van der Waals surface area contributed by atoms with Gasteiger partial charge in [-0.1, -0.05) is 36.4 Å². The summed E-state index contributed by atoms with van der Waals surface area (Å²) >= 11 is 1.75. The van der Waals surface area contributed by atoms with Gasteiger partial charge in [-0.3, -0.25) is 4.90 Å². The highest BCUT2D eigenvalue weighted by atomic mass is 32.1. The number of rotatable bonds is 6. The number of aldehydes is 1. The van der Waals surface area contributed by atoms with Crippen molar-refractivity contribution in [1.29, 1.82) is 0 Å². The Morgan fingerprint density at radius 3 is 2.53 bits per heavy atom. The fourth-order valence-electron chi connectivity index (χ4n) is 2.30. The van der Waals surface area contributed by atoms with Crippen LogP contribution in [0.2, 0.25) is 0 Å². The molecule has 0 amide bonds. The first-order valence-electron chi connectivity index (χ1n) is 6.37. The molecule has 0 spiro atoms. The third kappa shape index (κ3) is 3.52. The molecule has 1 heterocycles. The van der Waals surface area contributed by atoms with Crippen LogP contribution >= 0.6 is 11.3 Å². The molecule has 1 aromatic carbocycles. The molecule has 2 rings (SSSR count). The second-order valence-corrected chi connectivity index (χ2v) is 6.19. The van der Waals surface area contributed by atoms with Gasteiger partial charge in [0.25, 0.3) is 0 Å². The minimum atomic E-state index is -0.451. The predicted molar refractivity (Wildman–Crippen MR) is 80.5 cm³/mol. The zero-order chi connectivity index (χ0) is 13.7. The molecule has 0 saturated carbocycles. The molecular formula is C16H19NOS. The number of hydrogen-bond acceptors (Lipinski definition) is 3. The maximum Gasteiger partial charge on any atom is 0.131 e. The minimum absolute atomic E-state index is 0.451. The third-order valence-corrected chi connectivity index (χ3v) is 4.16. The van der Waals surface area contributed by atoms with Gasteiger partial charge in [-0.25, -0.2) is 0 Å². The monoisotopic (exact) mass is 273 g/mol. The molecule has 2 nitrogen and oxygen atoms in total. The number of hydrogen-bond donors (Lipinski definition) is 0. The van der Waals surface area contributed by atoms with Gasteiger partial charge >= 0.3 is 0 Å². The van der Waals surface area contributed by atoms with Crippen molar-refractivity contribution in [2.75, 3.05) is 13.6 Å². The second-order valence-electron chi connectivity index (χ2n) is 5.15. The van der Waals surface area contributed by atoms with Gasteiger partial charge in [0.2, 0.25) is 0 Å². The lowest BCUT2D eigenvalue weighted by molar-refractivity contribution is -0.112. The summed E-state index contributed by atoms with van der Waals surface area (Å²) in [6.07, 6.45) is 1.06. The Balaban J connectivity index is 2.08. The molecule has 0 N–H and O–H groups in total. The highest BCUT2D eigenvalue weighted by Gasteiger charge is 2.27. The molecular weight excluding hydrogens is 254 g/mol. The second kappa shape index (κ2) is 6.13. The maximum absolute atomic E-state index is 11.5. The van der Waals surface area contributed by atoms with Gasteiger partial charge in [-0.15, -0.1) is 11.3 Å². The Bertz CT molecular complexity index is 509. The van der Waals surface area contributed by atoms with Gasteiger partial charge in [0, 0.05) is 18.0 Å². The summed E-state index contributed by atoms with van der Waals surface area (Å²) in [5, 5.41) is 2.08. The standard InChI is InChI=1S/C16H19NOS/c1-16(13-18,14-7-4-3-5-8-14)12-17(2)11-15-9-6-10-19-15/h3-10,13H,11-12H2,1-2H3. The van der Waals surface area contributed by atoms with Crippen LogP contribution in [0.15, 0.2) is 47.8 Å². The molecule has 1 atom stereocenters. The highest BCUT2D eigenvalue weighted by molar-refractivity contribution is 7.09. The van der Waals surface area contributed by atoms with Crippen LogP contribution in [0.3, 0.4) is 0 Å². The SMILES string of the molecule is CN(Cc1cccs1)CC(C)(C=O)c1ccccc1. The molecule has 0 aliphatic heterocycles. The fraction of sp³-hybridized carbons (Fsp3) is 0.312. The van der Waals surface area contributed by atoms with E-state index in [-0.39, 0.29) is 0 Å². The van der Waals surface area contributed by atoms with E-state index in [9.17, 15) is 4.79 Å². The van der Waals surface area contributed by atoms with Crippen LogP contribution in [-0.4, -0.2) is 24.8 Å².